The highest BCUT2D eigenvalue weighted by atomic mass is 19.1. The first-order valence-corrected chi connectivity index (χ1v) is 14.7. The highest BCUT2D eigenvalue weighted by Crippen LogP contribution is 2.36. The zero-order valence-corrected chi connectivity index (χ0v) is 24.8. The van der Waals surface area contributed by atoms with E-state index in [4.69, 9.17) is 4.74 Å². The van der Waals surface area contributed by atoms with Crippen molar-refractivity contribution in [3.05, 3.63) is 131 Å². The molecule has 0 atom stereocenters. The van der Waals surface area contributed by atoms with Gasteiger partial charge in [0.1, 0.15) is 29.0 Å². The Morgan fingerprint density at radius 2 is 1.58 bits per heavy atom. The van der Waals surface area contributed by atoms with Gasteiger partial charge in [0.2, 0.25) is 0 Å². The minimum atomic E-state index is -0.869. The Labute approximate surface area is 260 Å². The molecule has 0 spiro atoms. The largest absolute Gasteiger partial charge is 0.497 e. The molecule has 1 saturated heterocycles. The summed E-state index contributed by atoms with van der Waals surface area (Å²) in [5.41, 5.74) is 2.83. The minimum absolute atomic E-state index is 0.00503. The lowest BCUT2D eigenvalue weighted by Crippen LogP contribution is -2.37. The first-order chi connectivity index (χ1) is 21.9. The second-order valence-electron chi connectivity index (χ2n) is 10.8. The second kappa shape index (κ2) is 14.5. The number of rotatable bonds is 10. The number of benzene rings is 4. The Hall–Kier alpha value is -5.27. The van der Waals surface area contributed by atoms with Gasteiger partial charge in [-0.15, -0.1) is 0 Å². The molecule has 0 saturated carbocycles. The molecule has 2 amide bonds. The van der Waals surface area contributed by atoms with Crippen LogP contribution < -0.4 is 15.0 Å². The summed E-state index contributed by atoms with van der Waals surface area (Å²) in [6.45, 7) is 1.09. The van der Waals surface area contributed by atoms with Crippen LogP contribution in [0.3, 0.4) is 0 Å². The molecule has 0 unspecified atom stereocenters. The predicted molar refractivity (Wildman–Crippen MR) is 169 cm³/mol. The predicted octanol–water partition coefficient (Wildman–Crippen LogP) is 6.86. The smallest absolute Gasteiger partial charge is 0.258 e. The van der Waals surface area contributed by atoms with Crippen LogP contribution in [0.15, 0.2) is 103 Å². The molecule has 1 aliphatic rings. The molecular formula is C36H33F2N3O4. The Morgan fingerprint density at radius 1 is 0.911 bits per heavy atom. The van der Waals surface area contributed by atoms with Gasteiger partial charge in [-0.05, 0) is 66.8 Å². The summed E-state index contributed by atoms with van der Waals surface area (Å²) in [4.78, 5) is 41.7. The van der Waals surface area contributed by atoms with Gasteiger partial charge in [0.15, 0.2) is 0 Å². The molecule has 1 N–H and O–H groups in total. The van der Waals surface area contributed by atoms with Gasteiger partial charge in [0.05, 0.1) is 12.8 Å². The Bertz CT molecular complexity index is 1700. The zero-order valence-electron chi connectivity index (χ0n) is 24.8. The van der Waals surface area contributed by atoms with Gasteiger partial charge in [-0.1, -0.05) is 42.5 Å². The van der Waals surface area contributed by atoms with E-state index in [0.717, 1.165) is 17.7 Å². The fourth-order valence-electron chi connectivity index (χ4n) is 5.63. The lowest BCUT2D eigenvalue weighted by Gasteiger charge is -2.35. The molecule has 0 aromatic heterocycles. The quantitative estimate of drug-likeness (QED) is 0.199. The molecule has 5 rings (SSSR count). The fraction of sp³-hybridized carbons (Fsp3) is 0.222. The molecule has 45 heavy (non-hydrogen) atoms. The second-order valence-corrected chi connectivity index (χ2v) is 10.8. The summed E-state index contributed by atoms with van der Waals surface area (Å²) in [5.74, 6) is 0.459. The van der Waals surface area contributed by atoms with Crippen LogP contribution in [-0.4, -0.2) is 49.4 Å². The normalized spacial score (nSPS) is 13.1. The molecule has 1 heterocycles. The summed E-state index contributed by atoms with van der Waals surface area (Å²) in [5, 5.41) is 3.03. The zero-order chi connectivity index (χ0) is 31.8. The van der Waals surface area contributed by atoms with Gasteiger partial charge >= 0.3 is 0 Å². The lowest BCUT2D eigenvalue weighted by atomic mass is 9.87. The van der Waals surface area contributed by atoms with Gasteiger partial charge in [-0.3, -0.25) is 9.59 Å². The van der Waals surface area contributed by atoms with E-state index in [1.165, 1.54) is 11.0 Å². The topological polar surface area (TPSA) is 79.0 Å². The van der Waals surface area contributed by atoms with E-state index in [0.29, 0.717) is 54.2 Å². The third-order valence-corrected chi connectivity index (χ3v) is 8.02. The number of methoxy groups -OCH3 is 1. The van der Waals surface area contributed by atoms with Crippen LogP contribution in [0, 0.1) is 11.6 Å². The molecule has 4 aromatic carbocycles. The molecule has 0 aliphatic carbocycles. The van der Waals surface area contributed by atoms with Gasteiger partial charge in [-0.25, -0.2) is 13.6 Å². The van der Waals surface area contributed by atoms with Crippen molar-refractivity contribution < 1.29 is 27.9 Å². The van der Waals surface area contributed by atoms with Crippen LogP contribution in [-0.2, 0) is 4.79 Å². The van der Waals surface area contributed by atoms with E-state index in [2.05, 4.69) is 5.32 Å². The number of hydrogen-bond acceptors (Lipinski definition) is 5. The molecule has 1 aliphatic heterocycles. The molecule has 0 radical (unpaired) electrons. The average molecular weight is 610 g/mol. The number of nitrogens with one attached hydrogen (secondary N) is 1. The summed E-state index contributed by atoms with van der Waals surface area (Å²) in [7, 11) is 1.57. The highest BCUT2D eigenvalue weighted by molar-refractivity contribution is 6.06. The number of carbonyl (C=O) groups is 2. The number of piperidine rings is 1. The van der Waals surface area contributed by atoms with Crippen LogP contribution in [0.5, 0.6) is 5.75 Å². The van der Waals surface area contributed by atoms with Crippen LogP contribution in [0.25, 0.3) is 0 Å². The first kappa shape index (κ1) is 31.2. The van der Waals surface area contributed by atoms with Crippen LogP contribution in [0.2, 0.25) is 0 Å². The maximum absolute atomic E-state index is 14.8. The maximum Gasteiger partial charge on any atom is 0.258 e. The number of halogens is 2. The van der Waals surface area contributed by atoms with E-state index < -0.39 is 17.5 Å². The van der Waals surface area contributed by atoms with Crippen molar-refractivity contribution in [3.63, 3.8) is 0 Å². The van der Waals surface area contributed by atoms with Crippen molar-refractivity contribution in [2.45, 2.75) is 25.2 Å². The number of anilines is 2. The Morgan fingerprint density at radius 3 is 2.20 bits per heavy atom. The molecular weight excluding hydrogens is 576 g/mol. The SMILES string of the molecule is COc1ccc(C2CCN(C(=C=O)CCN(C(=O)c3ccccc3)c3ccc(F)cc3F)CC2)c(NC(=O)c2ccccc2)c1. The number of likely N-dealkylation sites (tertiary alicyclic amines) is 1. The monoisotopic (exact) mass is 609 g/mol. The van der Waals surface area contributed by atoms with E-state index in [9.17, 15) is 23.2 Å². The number of carbonyl (C=O) groups excluding carboxylic acids is 3. The van der Waals surface area contributed by atoms with E-state index >= 15 is 0 Å². The van der Waals surface area contributed by atoms with Gasteiger partial charge in [-0.2, -0.15) is 0 Å². The average Bonchev–Trinajstić information content (AvgIpc) is 3.08. The molecule has 0 bridgehead atoms. The Kier molecular flexibility index (Phi) is 10.0. The van der Waals surface area contributed by atoms with Crippen molar-refractivity contribution in [1.29, 1.82) is 0 Å². The van der Waals surface area contributed by atoms with Crippen LogP contribution in [0.1, 0.15) is 51.5 Å². The Balaban J connectivity index is 1.28. The summed E-state index contributed by atoms with van der Waals surface area (Å²) in [6.07, 6.45) is 1.53. The number of amides is 2. The summed E-state index contributed by atoms with van der Waals surface area (Å²) >= 11 is 0. The van der Waals surface area contributed by atoms with E-state index in [-0.39, 0.29) is 30.5 Å². The molecule has 9 heteroatoms. The minimum Gasteiger partial charge on any atom is -0.497 e. The van der Waals surface area contributed by atoms with E-state index in [1.807, 2.05) is 47.2 Å². The third kappa shape index (κ3) is 7.45. The number of nitrogens with zero attached hydrogens (tertiary/aromatic N) is 2. The van der Waals surface area contributed by atoms with Crippen molar-refractivity contribution >= 4 is 29.1 Å². The van der Waals surface area contributed by atoms with Crippen molar-refractivity contribution in [3.8, 4) is 5.75 Å². The molecule has 230 valence electrons. The van der Waals surface area contributed by atoms with Gasteiger partial charge < -0.3 is 19.9 Å². The first-order valence-electron chi connectivity index (χ1n) is 14.7. The standard InChI is InChI=1S/C36H33F2N3O4/c1-45-30-13-14-31(33(23-30)39-35(43)26-8-4-2-5-9-26)25-16-19-40(20-17-25)29(24-42)18-21-41(34-15-12-28(37)22-32(34)38)36(44)27-10-6-3-7-11-27/h2-15,22-23,25H,16-21H2,1H3,(H,39,43). The van der Waals surface area contributed by atoms with E-state index in [1.54, 1.807) is 49.6 Å². The lowest BCUT2D eigenvalue weighted by molar-refractivity contribution is 0.0984. The summed E-state index contributed by atoms with van der Waals surface area (Å²) in [6, 6.07) is 26.1. The maximum atomic E-state index is 14.8. The van der Waals surface area contributed by atoms with Gasteiger partial charge in [0.25, 0.3) is 11.8 Å². The fourth-order valence-corrected chi connectivity index (χ4v) is 5.63. The van der Waals surface area contributed by atoms with Crippen LogP contribution in [0.4, 0.5) is 20.2 Å². The van der Waals surface area contributed by atoms with Crippen molar-refractivity contribution in [2.75, 3.05) is 37.0 Å². The highest BCUT2D eigenvalue weighted by Gasteiger charge is 2.27. The van der Waals surface area contributed by atoms with Gasteiger partial charge in [0, 0.05) is 55.0 Å². The third-order valence-electron chi connectivity index (χ3n) is 8.02. The van der Waals surface area contributed by atoms with Crippen LogP contribution >= 0.6 is 0 Å². The molecule has 4 aromatic rings. The summed E-state index contributed by atoms with van der Waals surface area (Å²) < 4.78 is 33.9. The number of ether oxygens (including phenoxy) is 1. The van der Waals surface area contributed by atoms with Crippen molar-refractivity contribution in [2.24, 2.45) is 0 Å². The van der Waals surface area contributed by atoms with Crippen molar-refractivity contribution in [1.82, 2.24) is 4.90 Å². The number of hydrogen-bond donors (Lipinski definition) is 1. The molecule has 1 fully saturated rings. The molecule has 7 nitrogen and oxygen atoms in total.